The molecule has 0 radical (unpaired) electrons. The fourth-order valence-corrected chi connectivity index (χ4v) is 3.57. The quantitative estimate of drug-likeness (QED) is 0.636. The van der Waals surface area contributed by atoms with Gasteiger partial charge < -0.3 is 4.74 Å². The number of nitrogens with one attached hydrogen (secondary N) is 1. The number of nitrogens with two attached hydrogens (primary N) is 1. The molecular weight excluding hydrogens is 224 g/mol. The Hall–Kier alpha value is -0.900. The molecule has 2 bridgehead atoms. The van der Waals surface area contributed by atoms with Gasteiger partial charge in [0.25, 0.3) is 0 Å². The average Bonchev–Trinajstić information content (AvgIpc) is 2.97. The van der Waals surface area contributed by atoms with E-state index in [1.54, 1.807) is 0 Å². The van der Waals surface area contributed by atoms with Crippen LogP contribution in [0.5, 0.6) is 0 Å². The molecule has 0 amide bonds. The van der Waals surface area contributed by atoms with Crippen LogP contribution in [0.15, 0.2) is 18.2 Å². The zero-order valence-corrected chi connectivity index (χ0v) is 11.1. The van der Waals surface area contributed by atoms with Crippen LogP contribution in [0, 0.1) is 19.8 Å². The summed E-state index contributed by atoms with van der Waals surface area (Å²) in [6.45, 7) is 4.29. The van der Waals surface area contributed by atoms with Crippen molar-refractivity contribution >= 4 is 0 Å². The van der Waals surface area contributed by atoms with Crippen LogP contribution in [0.4, 0.5) is 0 Å². The van der Waals surface area contributed by atoms with Gasteiger partial charge in [-0.3, -0.25) is 11.3 Å². The normalized spacial score (nSPS) is 31.8. The molecular formula is C15H22N2O. The number of fused-ring (bicyclic) bond motifs is 2. The number of rotatable bonds is 3. The molecule has 0 spiro atoms. The summed E-state index contributed by atoms with van der Waals surface area (Å²) in [5, 5.41) is 0. The van der Waals surface area contributed by atoms with Crippen LogP contribution in [0.2, 0.25) is 0 Å². The van der Waals surface area contributed by atoms with E-state index in [0.29, 0.717) is 18.1 Å². The average molecular weight is 246 g/mol. The molecule has 3 heteroatoms. The molecule has 0 saturated carbocycles. The van der Waals surface area contributed by atoms with E-state index in [4.69, 9.17) is 10.6 Å². The minimum absolute atomic E-state index is 0.222. The van der Waals surface area contributed by atoms with Gasteiger partial charge in [-0.1, -0.05) is 23.8 Å². The summed E-state index contributed by atoms with van der Waals surface area (Å²) in [5.41, 5.74) is 6.97. The molecule has 1 aromatic carbocycles. The van der Waals surface area contributed by atoms with Crippen LogP contribution < -0.4 is 11.3 Å². The van der Waals surface area contributed by atoms with Crippen molar-refractivity contribution in [2.24, 2.45) is 11.8 Å². The standard InChI is InChI=1S/C15H22N2O/c1-9-3-4-10(2)12(7-9)15(17-16)13-8-11-5-6-14(13)18-11/h3-4,7,11,13-15,17H,5-6,8,16H2,1-2H3. The molecule has 2 aliphatic rings. The summed E-state index contributed by atoms with van der Waals surface area (Å²) in [7, 11) is 0. The van der Waals surface area contributed by atoms with Crippen molar-refractivity contribution in [3.8, 4) is 0 Å². The molecule has 1 aromatic rings. The zero-order chi connectivity index (χ0) is 12.7. The highest BCUT2D eigenvalue weighted by atomic mass is 16.5. The first-order valence-corrected chi connectivity index (χ1v) is 6.88. The second-order valence-electron chi connectivity index (χ2n) is 5.78. The Labute approximate surface area is 109 Å². The van der Waals surface area contributed by atoms with Crippen LogP contribution >= 0.6 is 0 Å². The van der Waals surface area contributed by atoms with Crippen LogP contribution in [0.3, 0.4) is 0 Å². The van der Waals surface area contributed by atoms with Crippen LogP contribution in [-0.2, 0) is 4.74 Å². The maximum absolute atomic E-state index is 5.96. The van der Waals surface area contributed by atoms with Gasteiger partial charge in [-0.2, -0.15) is 0 Å². The number of hydrazine groups is 1. The van der Waals surface area contributed by atoms with E-state index in [2.05, 4.69) is 37.5 Å². The number of hydrogen-bond acceptors (Lipinski definition) is 3. The van der Waals surface area contributed by atoms with Gasteiger partial charge in [0.1, 0.15) is 0 Å². The predicted octanol–water partition coefficient (Wildman–Crippen LogP) is 2.38. The Balaban J connectivity index is 1.90. The van der Waals surface area contributed by atoms with Crippen molar-refractivity contribution in [1.29, 1.82) is 0 Å². The summed E-state index contributed by atoms with van der Waals surface area (Å²) >= 11 is 0. The lowest BCUT2D eigenvalue weighted by Crippen LogP contribution is -2.38. The van der Waals surface area contributed by atoms with Crippen molar-refractivity contribution < 1.29 is 4.74 Å². The molecule has 3 N–H and O–H groups in total. The second kappa shape index (κ2) is 4.65. The van der Waals surface area contributed by atoms with Crippen LogP contribution in [0.1, 0.15) is 42.0 Å². The highest BCUT2D eigenvalue weighted by Gasteiger charge is 2.44. The van der Waals surface area contributed by atoms with Gasteiger partial charge in [-0.05, 0) is 44.2 Å². The summed E-state index contributed by atoms with van der Waals surface area (Å²) < 4.78 is 5.96. The molecule has 2 fully saturated rings. The largest absolute Gasteiger partial charge is 0.375 e. The van der Waals surface area contributed by atoms with Gasteiger partial charge in [-0.15, -0.1) is 0 Å². The minimum Gasteiger partial charge on any atom is -0.375 e. The van der Waals surface area contributed by atoms with E-state index >= 15 is 0 Å². The first-order valence-electron chi connectivity index (χ1n) is 6.88. The van der Waals surface area contributed by atoms with Crippen molar-refractivity contribution in [3.05, 3.63) is 34.9 Å². The molecule has 4 atom stereocenters. The van der Waals surface area contributed by atoms with E-state index in [1.165, 1.54) is 29.5 Å². The molecule has 0 aromatic heterocycles. The Kier molecular flexibility index (Phi) is 3.14. The SMILES string of the molecule is Cc1ccc(C)c(C(NN)C2CC3CCC2O3)c1. The maximum atomic E-state index is 5.96. The number of benzene rings is 1. The van der Waals surface area contributed by atoms with Gasteiger partial charge in [0, 0.05) is 5.92 Å². The predicted molar refractivity (Wildman–Crippen MR) is 72.0 cm³/mol. The van der Waals surface area contributed by atoms with E-state index in [1.807, 2.05) is 0 Å². The van der Waals surface area contributed by atoms with E-state index in [9.17, 15) is 0 Å². The van der Waals surface area contributed by atoms with Gasteiger partial charge in [0.05, 0.1) is 18.2 Å². The minimum atomic E-state index is 0.222. The summed E-state index contributed by atoms with van der Waals surface area (Å²) in [6, 6.07) is 6.82. The van der Waals surface area contributed by atoms with Gasteiger partial charge in [0.15, 0.2) is 0 Å². The Morgan fingerprint density at radius 1 is 1.33 bits per heavy atom. The summed E-state index contributed by atoms with van der Waals surface area (Å²) in [5.74, 6) is 6.35. The lowest BCUT2D eigenvalue weighted by atomic mass is 9.80. The summed E-state index contributed by atoms with van der Waals surface area (Å²) in [6.07, 6.45) is 4.44. The monoisotopic (exact) mass is 246 g/mol. The van der Waals surface area contributed by atoms with Crippen molar-refractivity contribution in [1.82, 2.24) is 5.43 Å². The second-order valence-corrected chi connectivity index (χ2v) is 5.78. The first-order chi connectivity index (χ1) is 8.69. The molecule has 2 saturated heterocycles. The third-order valence-corrected chi connectivity index (χ3v) is 4.53. The molecule has 3 nitrogen and oxygen atoms in total. The fraction of sp³-hybridized carbons (Fsp3) is 0.600. The molecule has 0 aliphatic carbocycles. The fourth-order valence-electron chi connectivity index (χ4n) is 3.57. The summed E-state index contributed by atoms with van der Waals surface area (Å²) in [4.78, 5) is 0. The van der Waals surface area contributed by atoms with Crippen molar-refractivity contribution in [3.63, 3.8) is 0 Å². The third-order valence-electron chi connectivity index (χ3n) is 4.53. The van der Waals surface area contributed by atoms with Crippen molar-refractivity contribution in [2.45, 2.75) is 51.4 Å². The Morgan fingerprint density at radius 3 is 2.78 bits per heavy atom. The topological polar surface area (TPSA) is 47.3 Å². The molecule has 2 aliphatic heterocycles. The van der Waals surface area contributed by atoms with Gasteiger partial charge >= 0.3 is 0 Å². The number of aryl methyl sites for hydroxylation is 2. The van der Waals surface area contributed by atoms with E-state index in [0.717, 1.165) is 6.42 Å². The number of hydrogen-bond donors (Lipinski definition) is 2. The molecule has 4 unspecified atom stereocenters. The lowest BCUT2D eigenvalue weighted by molar-refractivity contribution is 0.0856. The molecule has 98 valence electrons. The maximum Gasteiger partial charge on any atom is 0.0627 e. The lowest BCUT2D eigenvalue weighted by Gasteiger charge is -2.29. The van der Waals surface area contributed by atoms with Gasteiger partial charge in [-0.25, -0.2) is 0 Å². The molecule has 2 heterocycles. The van der Waals surface area contributed by atoms with E-state index < -0.39 is 0 Å². The number of ether oxygens (including phenoxy) is 1. The Morgan fingerprint density at radius 2 is 2.17 bits per heavy atom. The molecule has 18 heavy (non-hydrogen) atoms. The van der Waals surface area contributed by atoms with Crippen LogP contribution in [0.25, 0.3) is 0 Å². The smallest absolute Gasteiger partial charge is 0.0627 e. The molecule has 3 rings (SSSR count). The highest BCUT2D eigenvalue weighted by molar-refractivity contribution is 5.33. The van der Waals surface area contributed by atoms with Crippen LogP contribution in [-0.4, -0.2) is 12.2 Å². The van der Waals surface area contributed by atoms with Crippen molar-refractivity contribution in [2.75, 3.05) is 0 Å². The Bertz CT molecular complexity index is 446. The zero-order valence-electron chi connectivity index (χ0n) is 11.1. The van der Waals surface area contributed by atoms with E-state index in [-0.39, 0.29) is 6.04 Å². The highest BCUT2D eigenvalue weighted by Crippen LogP contribution is 2.44. The third kappa shape index (κ3) is 1.96. The first kappa shape index (κ1) is 12.2. The van der Waals surface area contributed by atoms with Gasteiger partial charge in [0.2, 0.25) is 0 Å².